The van der Waals surface area contributed by atoms with Crippen molar-refractivity contribution in [1.82, 2.24) is 5.32 Å². The molecule has 1 aromatic carbocycles. The van der Waals surface area contributed by atoms with Crippen LogP contribution in [0.25, 0.3) is 0 Å². The summed E-state index contributed by atoms with van der Waals surface area (Å²) >= 11 is 3.32. The summed E-state index contributed by atoms with van der Waals surface area (Å²) in [5, 5.41) is 3.40. The Kier molecular flexibility index (Phi) is 4.60. The van der Waals surface area contributed by atoms with E-state index in [1.54, 1.807) is 12.1 Å². The van der Waals surface area contributed by atoms with Crippen molar-refractivity contribution < 1.29 is 9.53 Å². The molecule has 1 aromatic rings. The van der Waals surface area contributed by atoms with Gasteiger partial charge in [0, 0.05) is 10.5 Å². The number of ether oxygens (including phenoxy) is 1. The molecule has 1 unspecified atom stereocenters. The van der Waals surface area contributed by atoms with Crippen molar-refractivity contribution in [3.05, 3.63) is 28.2 Å². The predicted molar refractivity (Wildman–Crippen MR) is 73.8 cm³/mol. The Morgan fingerprint density at radius 3 is 3.00 bits per heavy atom. The third kappa shape index (κ3) is 3.46. The van der Waals surface area contributed by atoms with E-state index in [0.717, 1.165) is 17.4 Å². The van der Waals surface area contributed by atoms with Crippen LogP contribution in [0.3, 0.4) is 0 Å². The summed E-state index contributed by atoms with van der Waals surface area (Å²) in [6.07, 6.45) is 3.56. The first-order valence-electron chi connectivity index (χ1n) is 6.12. The van der Waals surface area contributed by atoms with Crippen molar-refractivity contribution in [3.63, 3.8) is 0 Å². The summed E-state index contributed by atoms with van der Waals surface area (Å²) in [5.41, 5.74) is 5.75. The van der Waals surface area contributed by atoms with Gasteiger partial charge in [-0.1, -0.05) is 22.4 Å². The number of nitrogens with two attached hydrogens (primary N) is 1. The number of carbonyl (C=O) groups is 1. The largest absolute Gasteiger partial charge is 0.491 e. The lowest BCUT2D eigenvalue weighted by molar-refractivity contribution is 0.0995. The Labute approximate surface area is 115 Å². The molecule has 1 heterocycles. The Morgan fingerprint density at radius 1 is 1.50 bits per heavy atom. The van der Waals surface area contributed by atoms with Crippen molar-refractivity contribution >= 4 is 21.8 Å². The van der Waals surface area contributed by atoms with Crippen LogP contribution in [0.2, 0.25) is 0 Å². The fourth-order valence-corrected chi connectivity index (χ4v) is 2.44. The molecule has 0 aliphatic carbocycles. The van der Waals surface area contributed by atoms with Crippen molar-refractivity contribution in [2.45, 2.75) is 25.3 Å². The molecular weight excluding hydrogens is 296 g/mol. The van der Waals surface area contributed by atoms with Crippen LogP contribution < -0.4 is 15.8 Å². The van der Waals surface area contributed by atoms with Crippen LogP contribution >= 0.6 is 15.9 Å². The number of hydrogen-bond acceptors (Lipinski definition) is 3. The number of nitrogens with one attached hydrogen (secondary N) is 1. The van der Waals surface area contributed by atoms with E-state index >= 15 is 0 Å². The lowest BCUT2D eigenvalue weighted by Gasteiger charge is -2.23. The van der Waals surface area contributed by atoms with Crippen LogP contribution in [-0.4, -0.2) is 25.1 Å². The molecule has 0 radical (unpaired) electrons. The number of halogens is 1. The van der Waals surface area contributed by atoms with Crippen LogP contribution in [0.4, 0.5) is 0 Å². The van der Waals surface area contributed by atoms with E-state index < -0.39 is 5.91 Å². The first-order chi connectivity index (χ1) is 8.66. The number of amides is 1. The fourth-order valence-electron chi connectivity index (χ4n) is 2.08. The van der Waals surface area contributed by atoms with Crippen LogP contribution in [0, 0.1) is 0 Å². The van der Waals surface area contributed by atoms with E-state index in [4.69, 9.17) is 10.5 Å². The zero-order chi connectivity index (χ0) is 13.0. The monoisotopic (exact) mass is 312 g/mol. The summed E-state index contributed by atoms with van der Waals surface area (Å²) in [7, 11) is 0. The van der Waals surface area contributed by atoms with Gasteiger partial charge in [0.2, 0.25) is 0 Å². The Morgan fingerprint density at radius 2 is 2.33 bits per heavy atom. The number of carbonyl (C=O) groups excluding carboxylic acids is 1. The first-order valence-corrected chi connectivity index (χ1v) is 6.91. The molecule has 5 heteroatoms. The molecule has 98 valence electrons. The van der Waals surface area contributed by atoms with Crippen molar-refractivity contribution in [1.29, 1.82) is 0 Å². The Balaban J connectivity index is 2.01. The summed E-state index contributed by atoms with van der Waals surface area (Å²) < 4.78 is 6.53. The SMILES string of the molecule is NC(=O)c1cc(Br)ccc1OCC1CCCCN1. The molecule has 1 fully saturated rings. The second kappa shape index (κ2) is 6.20. The second-order valence-electron chi connectivity index (χ2n) is 4.46. The predicted octanol–water partition coefficient (Wildman–Crippen LogP) is 2.07. The number of rotatable bonds is 4. The van der Waals surface area contributed by atoms with Gasteiger partial charge in [0.25, 0.3) is 5.91 Å². The lowest BCUT2D eigenvalue weighted by atomic mass is 10.1. The minimum Gasteiger partial charge on any atom is -0.491 e. The van der Waals surface area contributed by atoms with Crippen LogP contribution in [0.1, 0.15) is 29.6 Å². The molecule has 1 saturated heterocycles. The van der Waals surface area contributed by atoms with E-state index in [0.29, 0.717) is 24.0 Å². The second-order valence-corrected chi connectivity index (χ2v) is 5.38. The summed E-state index contributed by atoms with van der Waals surface area (Å²) in [4.78, 5) is 11.3. The van der Waals surface area contributed by atoms with Gasteiger partial charge in [-0.3, -0.25) is 4.79 Å². The Bertz CT molecular complexity index is 431. The summed E-state index contributed by atoms with van der Waals surface area (Å²) in [6.45, 7) is 1.61. The van der Waals surface area contributed by atoms with Crippen LogP contribution in [0.15, 0.2) is 22.7 Å². The van der Waals surface area contributed by atoms with E-state index in [-0.39, 0.29) is 0 Å². The average Bonchev–Trinajstić information content (AvgIpc) is 2.38. The molecule has 1 aliphatic heterocycles. The maximum absolute atomic E-state index is 11.3. The fraction of sp³-hybridized carbons (Fsp3) is 0.462. The minimum absolute atomic E-state index is 0.364. The van der Waals surface area contributed by atoms with Gasteiger partial charge in [-0.05, 0) is 37.6 Å². The molecule has 0 bridgehead atoms. The highest BCUT2D eigenvalue weighted by atomic mass is 79.9. The van der Waals surface area contributed by atoms with Gasteiger partial charge in [0.15, 0.2) is 0 Å². The van der Waals surface area contributed by atoms with Gasteiger partial charge in [-0.2, -0.15) is 0 Å². The highest BCUT2D eigenvalue weighted by molar-refractivity contribution is 9.10. The normalized spacial score (nSPS) is 19.5. The zero-order valence-electron chi connectivity index (χ0n) is 10.1. The molecule has 4 nitrogen and oxygen atoms in total. The highest BCUT2D eigenvalue weighted by Crippen LogP contribution is 2.23. The molecule has 1 aliphatic rings. The summed E-state index contributed by atoms with van der Waals surface area (Å²) in [6, 6.07) is 5.66. The number of piperidine rings is 1. The van der Waals surface area contributed by atoms with E-state index in [1.165, 1.54) is 12.8 Å². The number of benzene rings is 1. The van der Waals surface area contributed by atoms with E-state index in [2.05, 4.69) is 21.2 Å². The average molecular weight is 313 g/mol. The standard InChI is InChI=1S/C13H17BrN2O2/c14-9-4-5-12(11(7-9)13(15)17)18-8-10-3-1-2-6-16-10/h4-5,7,10,16H,1-3,6,8H2,(H2,15,17). The van der Waals surface area contributed by atoms with Crippen molar-refractivity contribution in [2.24, 2.45) is 5.73 Å². The molecule has 18 heavy (non-hydrogen) atoms. The maximum Gasteiger partial charge on any atom is 0.252 e. The van der Waals surface area contributed by atoms with Gasteiger partial charge in [-0.15, -0.1) is 0 Å². The topological polar surface area (TPSA) is 64.4 Å². The molecule has 2 rings (SSSR count). The summed E-state index contributed by atoms with van der Waals surface area (Å²) in [5.74, 6) is 0.0842. The maximum atomic E-state index is 11.3. The Hall–Kier alpha value is -1.07. The van der Waals surface area contributed by atoms with Crippen molar-refractivity contribution in [2.75, 3.05) is 13.2 Å². The number of hydrogen-bond donors (Lipinski definition) is 2. The first kappa shape index (κ1) is 13.4. The van der Waals surface area contributed by atoms with Gasteiger partial charge in [0.05, 0.1) is 5.56 Å². The van der Waals surface area contributed by atoms with Gasteiger partial charge >= 0.3 is 0 Å². The quantitative estimate of drug-likeness (QED) is 0.894. The molecule has 0 saturated carbocycles. The third-order valence-electron chi connectivity index (χ3n) is 3.06. The molecule has 0 spiro atoms. The number of primary amides is 1. The van der Waals surface area contributed by atoms with Crippen LogP contribution in [0.5, 0.6) is 5.75 Å². The molecule has 0 aromatic heterocycles. The molecule has 1 atom stereocenters. The molecule has 1 amide bonds. The smallest absolute Gasteiger partial charge is 0.252 e. The third-order valence-corrected chi connectivity index (χ3v) is 3.55. The van der Waals surface area contributed by atoms with Gasteiger partial charge in [-0.25, -0.2) is 0 Å². The minimum atomic E-state index is -0.470. The molecular formula is C13H17BrN2O2. The van der Waals surface area contributed by atoms with Gasteiger partial charge in [0.1, 0.15) is 12.4 Å². The van der Waals surface area contributed by atoms with Gasteiger partial charge < -0.3 is 15.8 Å². The van der Waals surface area contributed by atoms with E-state index in [1.807, 2.05) is 6.07 Å². The van der Waals surface area contributed by atoms with Crippen LogP contribution in [-0.2, 0) is 0 Å². The highest BCUT2D eigenvalue weighted by Gasteiger charge is 2.15. The lowest BCUT2D eigenvalue weighted by Crippen LogP contribution is -2.38. The molecule has 3 N–H and O–H groups in total. The van der Waals surface area contributed by atoms with Crippen molar-refractivity contribution in [3.8, 4) is 5.75 Å². The zero-order valence-corrected chi connectivity index (χ0v) is 11.7. The van der Waals surface area contributed by atoms with E-state index in [9.17, 15) is 4.79 Å².